The highest BCUT2D eigenvalue weighted by molar-refractivity contribution is 7.92. The maximum atomic E-state index is 13.3. The molecule has 2 aliphatic heterocycles. The number of sulfone groups is 1. The van der Waals surface area contributed by atoms with Crippen LogP contribution in [0.2, 0.25) is 0 Å². The van der Waals surface area contributed by atoms with E-state index in [1.54, 1.807) is 0 Å². The highest BCUT2D eigenvalue weighted by atomic mass is 32.2. The molecule has 156 valence electrons. The molecule has 2 atom stereocenters. The van der Waals surface area contributed by atoms with Gasteiger partial charge in [-0.2, -0.15) is 0 Å². The van der Waals surface area contributed by atoms with E-state index in [-0.39, 0.29) is 18.7 Å². The zero-order valence-electron chi connectivity index (χ0n) is 16.8. The first-order valence-corrected chi connectivity index (χ1v) is 11.4. The Balaban J connectivity index is 1.79. The molecular formula is C21H26N2O5S. The van der Waals surface area contributed by atoms with Gasteiger partial charge in [-0.05, 0) is 29.7 Å². The summed E-state index contributed by atoms with van der Waals surface area (Å²) in [4.78, 5) is 12.9. The van der Waals surface area contributed by atoms with E-state index in [1.165, 1.54) is 0 Å². The first kappa shape index (κ1) is 19.8. The van der Waals surface area contributed by atoms with Crippen molar-refractivity contribution in [2.45, 2.75) is 44.6 Å². The van der Waals surface area contributed by atoms with Gasteiger partial charge in [-0.1, -0.05) is 32.9 Å². The largest absolute Gasteiger partial charge is 0.479 e. The molecule has 29 heavy (non-hydrogen) atoms. The van der Waals surface area contributed by atoms with Crippen molar-refractivity contribution in [2.24, 2.45) is 5.41 Å². The number of carboxylic acid groups (broad SMARTS) is 1. The predicted octanol–water partition coefficient (Wildman–Crippen LogP) is 3.63. The van der Waals surface area contributed by atoms with Crippen LogP contribution < -0.4 is 4.74 Å². The first-order chi connectivity index (χ1) is 13.5. The number of likely N-dealkylation sites (tertiary alicyclic amines) is 1. The smallest absolute Gasteiger partial charge is 0.408 e. The SMILES string of the molecule is CC(C)(C)CS(=O)(=O)C1CC2(CCN1C(=O)O)Oc1ccccc1-n1cccc12. The van der Waals surface area contributed by atoms with E-state index < -0.39 is 32.3 Å². The van der Waals surface area contributed by atoms with Crippen LogP contribution in [0.1, 0.15) is 39.3 Å². The Morgan fingerprint density at radius 2 is 1.97 bits per heavy atom. The molecule has 0 saturated carbocycles. The molecule has 3 heterocycles. The molecule has 7 nitrogen and oxygen atoms in total. The van der Waals surface area contributed by atoms with Gasteiger partial charge in [0.15, 0.2) is 15.4 Å². The van der Waals surface area contributed by atoms with E-state index >= 15 is 0 Å². The monoisotopic (exact) mass is 418 g/mol. The van der Waals surface area contributed by atoms with Crippen molar-refractivity contribution in [2.75, 3.05) is 12.3 Å². The van der Waals surface area contributed by atoms with Crippen LogP contribution in [-0.2, 0) is 15.4 Å². The number of fused-ring (bicyclic) bond motifs is 4. The van der Waals surface area contributed by atoms with Crippen molar-refractivity contribution in [1.82, 2.24) is 9.47 Å². The summed E-state index contributed by atoms with van der Waals surface area (Å²) in [6.45, 7) is 5.61. The third kappa shape index (κ3) is 3.39. The minimum Gasteiger partial charge on any atom is -0.479 e. The Labute approximate surface area is 170 Å². The number of aromatic nitrogens is 1. The van der Waals surface area contributed by atoms with Gasteiger partial charge in [-0.3, -0.25) is 4.90 Å². The molecule has 2 unspecified atom stereocenters. The number of carbonyl (C=O) groups is 1. The van der Waals surface area contributed by atoms with Crippen LogP contribution in [0, 0.1) is 5.41 Å². The van der Waals surface area contributed by atoms with Gasteiger partial charge >= 0.3 is 6.09 Å². The summed E-state index contributed by atoms with van der Waals surface area (Å²) in [6, 6.07) is 11.5. The van der Waals surface area contributed by atoms with Gasteiger partial charge in [0.1, 0.15) is 11.1 Å². The zero-order valence-corrected chi connectivity index (χ0v) is 17.6. The minimum absolute atomic E-state index is 0.0655. The van der Waals surface area contributed by atoms with E-state index in [0.29, 0.717) is 12.2 Å². The quantitative estimate of drug-likeness (QED) is 0.805. The number of benzene rings is 1. The van der Waals surface area contributed by atoms with Crippen molar-refractivity contribution >= 4 is 15.9 Å². The first-order valence-electron chi connectivity index (χ1n) is 9.70. The van der Waals surface area contributed by atoms with Crippen molar-refractivity contribution in [3.05, 3.63) is 48.3 Å². The van der Waals surface area contributed by atoms with Crippen LogP contribution >= 0.6 is 0 Å². The maximum Gasteiger partial charge on any atom is 0.408 e. The summed E-state index contributed by atoms with van der Waals surface area (Å²) in [5.41, 5.74) is 0.387. The number of rotatable bonds is 2. The number of amides is 1. The lowest BCUT2D eigenvalue weighted by molar-refractivity contribution is -0.0177. The van der Waals surface area contributed by atoms with Crippen molar-refractivity contribution in [3.8, 4) is 11.4 Å². The molecule has 1 aromatic heterocycles. The van der Waals surface area contributed by atoms with E-state index in [4.69, 9.17) is 4.74 Å². The number of para-hydroxylation sites is 2. The zero-order chi connectivity index (χ0) is 21.0. The molecule has 2 aliphatic rings. The van der Waals surface area contributed by atoms with Gasteiger partial charge in [0.2, 0.25) is 0 Å². The summed E-state index contributed by atoms with van der Waals surface area (Å²) in [7, 11) is -3.72. The summed E-state index contributed by atoms with van der Waals surface area (Å²) in [5.74, 6) is 0.578. The molecule has 1 N–H and O–H groups in total. The minimum atomic E-state index is -3.72. The van der Waals surface area contributed by atoms with E-state index in [1.807, 2.05) is 67.9 Å². The number of ether oxygens (including phenoxy) is 1. The van der Waals surface area contributed by atoms with Crippen LogP contribution in [0.5, 0.6) is 5.75 Å². The number of hydrogen-bond acceptors (Lipinski definition) is 4. The lowest BCUT2D eigenvalue weighted by atomic mass is 9.86. The summed E-state index contributed by atoms with van der Waals surface area (Å²) < 4.78 is 35.0. The Hall–Kier alpha value is -2.48. The third-order valence-electron chi connectivity index (χ3n) is 5.55. The molecule has 1 aromatic carbocycles. The molecule has 2 aromatic rings. The second kappa shape index (κ2) is 6.52. The van der Waals surface area contributed by atoms with Gasteiger partial charge in [0.25, 0.3) is 0 Å². The molecule has 0 aliphatic carbocycles. The Morgan fingerprint density at radius 1 is 1.24 bits per heavy atom. The molecule has 1 fully saturated rings. The third-order valence-corrected chi connectivity index (χ3v) is 8.07. The normalized spacial score (nSPS) is 24.0. The van der Waals surface area contributed by atoms with E-state index in [0.717, 1.165) is 16.3 Å². The highest BCUT2D eigenvalue weighted by Crippen LogP contribution is 2.47. The maximum absolute atomic E-state index is 13.3. The molecule has 8 heteroatoms. The average Bonchev–Trinajstić information content (AvgIpc) is 3.11. The molecule has 0 bridgehead atoms. The number of nitrogens with zero attached hydrogens (tertiary/aromatic N) is 2. The standard InChI is InChI=1S/C21H26N2O5S/c1-20(2,3)14-29(26,27)18-13-21(10-12-23(18)19(24)25)17-9-6-11-22(17)15-7-4-5-8-16(15)28-21/h4-9,11,18H,10,12-14H2,1-3H3,(H,24,25). The van der Waals surface area contributed by atoms with Gasteiger partial charge < -0.3 is 14.4 Å². The van der Waals surface area contributed by atoms with Gasteiger partial charge in [0.05, 0.1) is 17.1 Å². The number of piperidine rings is 1. The van der Waals surface area contributed by atoms with Gasteiger partial charge in [-0.25, -0.2) is 13.2 Å². The predicted molar refractivity (Wildman–Crippen MR) is 109 cm³/mol. The Kier molecular flexibility index (Phi) is 4.45. The molecule has 1 amide bonds. The fourth-order valence-electron chi connectivity index (χ4n) is 4.47. The fourth-order valence-corrected chi connectivity index (χ4v) is 6.98. The van der Waals surface area contributed by atoms with Crippen molar-refractivity contribution < 1.29 is 23.1 Å². The molecule has 1 saturated heterocycles. The Bertz CT molecular complexity index is 1050. The van der Waals surface area contributed by atoms with Crippen LogP contribution in [0.4, 0.5) is 4.79 Å². The summed E-state index contributed by atoms with van der Waals surface area (Å²) in [5, 5.41) is 8.53. The van der Waals surface area contributed by atoms with Crippen LogP contribution in [0.25, 0.3) is 5.69 Å². The molecule has 1 spiro atoms. The van der Waals surface area contributed by atoms with Crippen LogP contribution in [-0.4, -0.2) is 46.8 Å². The van der Waals surface area contributed by atoms with Crippen LogP contribution in [0.3, 0.4) is 0 Å². The second-order valence-corrected chi connectivity index (χ2v) is 11.2. The average molecular weight is 419 g/mol. The molecular weight excluding hydrogens is 392 g/mol. The lowest BCUT2D eigenvalue weighted by Crippen LogP contribution is -2.57. The van der Waals surface area contributed by atoms with E-state index in [2.05, 4.69) is 0 Å². The Morgan fingerprint density at radius 3 is 2.66 bits per heavy atom. The van der Waals surface area contributed by atoms with Gasteiger partial charge in [-0.15, -0.1) is 0 Å². The lowest BCUT2D eigenvalue weighted by Gasteiger charge is -2.47. The van der Waals surface area contributed by atoms with E-state index in [9.17, 15) is 18.3 Å². The van der Waals surface area contributed by atoms with Crippen molar-refractivity contribution in [1.29, 1.82) is 0 Å². The fraction of sp³-hybridized carbons (Fsp3) is 0.476. The highest BCUT2D eigenvalue weighted by Gasteiger charge is 2.52. The summed E-state index contributed by atoms with van der Waals surface area (Å²) in [6.07, 6.45) is 1.17. The topological polar surface area (TPSA) is 88.8 Å². The second-order valence-electron chi connectivity index (χ2n) is 9.08. The number of hydrogen-bond donors (Lipinski definition) is 1. The molecule has 4 rings (SSSR count). The molecule has 0 radical (unpaired) electrons. The van der Waals surface area contributed by atoms with Crippen LogP contribution in [0.15, 0.2) is 42.6 Å². The van der Waals surface area contributed by atoms with Gasteiger partial charge in [0, 0.05) is 25.6 Å². The van der Waals surface area contributed by atoms with Crippen molar-refractivity contribution in [3.63, 3.8) is 0 Å². The summed E-state index contributed by atoms with van der Waals surface area (Å²) >= 11 is 0.